The molecule has 3 N–H and O–H groups in total. The molecule has 0 aliphatic heterocycles. The van der Waals surface area contributed by atoms with Gasteiger partial charge in [-0.1, -0.05) is 28.8 Å². The summed E-state index contributed by atoms with van der Waals surface area (Å²) in [6.45, 7) is 0. The summed E-state index contributed by atoms with van der Waals surface area (Å²) in [5, 5.41) is 22.7. The monoisotopic (exact) mass is 313 g/mol. The van der Waals surface area contributed by atoms with E-state index in [1.54, 1.807) is 0 Å². The van der Waals surface area contributed by atoms with E-state index in [1.807, 2.05) is 0 Å². The zero-order valence-corrected chi connectivity index (χ0v) is 11.5. The third-order valence-corrected chi connectivity index (χ3v) is 4.49. The molecule has 98 valence electrons. The molecule has 1 aliphatic carbocycles. The predicted molar refractivity (Wildman–Crippen MR) is 72.2 cm³/mol. The molecule has 0 bridgehead atoms. The van der Waals surface area contributed by atoms with E-state index < -0.39 is 0 Å². The van der Waals surface area contributed by atoms with Gasteiger partial charge in [0.25, 0.3) is 5.91 Å². The highest BCUT2D eigenvalue weighted by molar-refractivity contribution is 9.09. The van der Waals surface area contributed by atoms with Crippen LogP contribution in [0.2, 0.25) is 0 Å². The molecular weight excluding hydrogens is 298 g/mol. The van der Waals surface area contributed by atoms with Gasteiger partial charge in [-0.15, -0.1) is 0 Å². The lowest BCUT2D eigenvalue weighted by molar-refractivity contribution is 0.0907. The van der Waals surface area contributed by atoms with Crippen molar-refractivity contribution in [3.05, 3.63) is 23.8 Å². The topological polar surface area (TPSA) is 69.6 Å². The normalized spacial score (nSPS) is 17.6. The maximum atomic E-state index is 12.1. The van der Waals surface area contributed by atoms with Gasteiger partial charge < -0.3 is 15.5 Å². The van der Waals surface area contributed by atoms with Crippen LogP contribution in [0.5, 0.6) is 11.5 Å². The molecule has 18 heavy (non-hydrogen) atoms. The van der Waals surface area contributed by atoms with E-state index in [1.165, 1.54) is 18.2 Å². The first-order valence-electron chi connectivity index (χ1n) is 5.97. The number of carbonyl (C=O) groups excluding carboxylic acids is 1. The molecule has 0 aromatic heterocycles. The van der Waals surface area contributed by atoms with Crippen molar-refractivity contribution in [2.75, 3.05) is 5.33 Å². The highest BCUT2D eigenvalue weighted by Crippen LogP contribution is 2.32. The second-order valence-electron chi connectivity index (χ2n) is 4.78. The number of halogens is 1. The molecule has 0 unspecified atom stereocenters. The molecule has 2 rings (SSSR count). The first-order chi connectivity index (χ1) is 8.56. The number of hydrogen-bond donors (Lipinski definition) is 3. The summed E-state index contributed by atoms with van der Waals surface area (Å²) in [6, 6.07) is 3.95. The average Bonchev–Trinajstić information content (AvgIpc) is 2.81. The highest BCUT2D eigenvalue weighted by Gasteiger charge is 2.34. The minimum absolute atomic E-state index is 0.0303. The van der Waals surface area contributed by atoms with Gasteiger partial charge in [-0.05, 0) is 31.0 Å². The van der Waals surface area contributed by atoms with E-state index in [0.29, 0.717) is 5.33 Å². The number of amides is 1. The molecule has 1 amide bonds. The van der Waals surface area contributed by atoms with Crippen LogP contribution in [0.15, 0.2) is 18.2 Å². The van der Waals surface area contributed by atoms with Crippen LogP contribution >= 0.6 is 15.9 Å². The van der Waals surface area contributed by atoms with Gasteiger partial charge in [0.2, 0.25) is 0 Å². The van der Waals surface area contributed by atoms with Crippen LogP contribution in [-0.4, -0.2) is 27.0 Å². The lowest BCUT2D eigenvalue weighted by Crippen LogP contribution is -2.47. The van der Waals surface area contributed by atoms with Crippen LogP contribution in [0, 0.1) is 0 Å². The number of benzene rings is 1. The summed E-state index contributed by atoms with van der Waals surface area (Å²) in [6.07, 6.45) is 4.06. The molecule has 0 radical (unpaired) electrons. The van der Waals surface area contributed by atoms with Crippen LogP contribution in [0.4, 0.5) is 0 Å². The van der Waals surface area contributed by atoms with Gasteiger partial charge in [-0.25, -0.2) is 0 Å². The molecule has 1 fully saturated rings. The molecule has 5 heteroatoms. The van der Waals surface area contributed by atoms with Crippen LogP contribution < -0.4 is 5.32 Å². The smallest absolute Gasteiger partial charge is 0.255 e. The standard InChI is InChI=1S/C13H16BrNO3/c14-8-13(5-1-2-6-13)15-12(18)10-7-9(16)3-4-11(10)17/h3-4,7,16-17H,1-2,5-6,8H2,(H,15,18). The third-order valence-electron chi connectivity index (χ3n) is 3.42. The van der Waals surface area contributed by atoms with Crippen molar-refractivity contribution in [3.63, 3.8) is 0 Å². The van der Waals surface area contributed by atoms with E-state index in [0.717, 1.165) is 25.7 Å². The molecule has 0 spiro atoms. The SMILES string of the molecule is O=C(NC1(CBr)CCCC1)c1cc(O)ccc1O. The molecular formula is C13H16BrNO3. The maximum Gasteiger partial charge on any atom is 0.255 e. The second kappa shape index (κ2) is 5.18. The molecule has 1 aliphatic rings. The molecule has 0 atom stereocenters. The molecule has 4 nitrogen and oxygen atoms in total. The lowest BCUT2D eigenvalue weighted by Gasteiger charge is -2.28. The zero-order valence-electron chi connectivity index (χ0n) is 9.95. The van der Waals surface area contributed by atoms with Crippen LogP contribution in [-0.2, 0) is 0 Å². The zero-order chi connectivity index (χ0) is 13.2. The quantitative estimate of drug-likeness (QED) is 0.593. The van der Waals surface area contributed by atoms with Gasteiger partial charge in [-0.3, -0.25) is 4.79 Å². The van der Waals surface area contributed by atoms with Crippen LogP contribution in [0.25, 0.3) is 0 Å². The van der Waals surface area contributed by atoms with Gasteiger partial charge >= 0.3 is 0 Å². The van der Waals surface area contributed by atoms with Crippen LogP contribution in [0.3, 0.4) is 0 Å². The summed E-state index contributed by atoms with van der Waals surface area (Å²) in [7, 11) is 0. The second-order valence-corrected chi connectivity index (χ2v) is 5.34. The van der Waals surface area contributed by atoms with Crippen LogP contribution in [0.1, 0.15) is 36.0 Å². The van der Waals surface area contributed by atoms with E-state index in [9.17, 15) is 15.0 Å². The Hall–Kier alpha value is -1.23. The third kappa shape index (κ3) is 2.61. The van der Waals surface area contributed by atoms with Crippen molar-refractivity contribution in [3.8, 4) is 11.5 Å². The van der Waals surface area contributed by atoms with Crippen molar-refractivity contribution < 1.29 is 15.0 Å². The van der Waals surface area contributed by atoms with Crippen molar-refractivity contribution in [1.29, 1.82) is 0 Å². The van der Waals surface area contributed by atoms with Gasteiger partial charge in [-0.2, -0.15) is 0 Å². The number of aromatic hydroxyl groups is 2. The summed E-state index contributed by atoms with van der Waals surface area (Å²) < 4.78 is 0. The van der Waals surface area contributed by atoms with E-state index in [2.05, 4.69) is 21.2 Å². The number of carbonyl (C=O) groups is 1. The summed E-state index contributed by atoms with van der Waals surface area (Å²) in [5.41, 5.74) is -0.114. The summed E-state index contributed by atoms with van der Waals surface area (Å²) in [4.78, 5) is 12.1. The minimum atomic E-state index is -0.343. The Bertz CT molecular complexity index is 456. The number of alkyl halides is 1. The fourth-order valence-corrected chi connectivity index (χ4v) is 3.06. The van der Waals surface area contributed by atoms with Gasteiger partial charge in [0.05, 0.1) is 11.1 Å². The molecule has 0 saturated heterocycles. The van der Waals surface area contributed by atoms with E-state index in [-0.39, 0.29) is 28.5 Å². The summed E-state index contributed by atoms with van der Waals surface area (Å²) >= 11 is 3.44. The highest BCUT2D eigenvalue weighted by atomic mass is 79.9. The minimum Gasteiger partial charge on any atom is -0.508 e. The Morgan fingerprint density at radius 3 is 2.61 bits per heavy atom. The number of phenolic OH excluding ortho intramolecular Hbond substituents is 2. The first kappa shape index (κ1) is 13.2. The van der Waals surface area contributed by atoms with E-state index >= 15 is 0 Å². The van der Waals surface area contributed by atoms with Gasteiger partial charge in [0.1, 0.15) is 11.5 Å². The van der Waals surface area contributed by atoms with Crippen molar-refractivity contribution in [2.45, 2.75) is 31.2 Å². The largest absolute Gasteiger partial charge is 0.508 e. The predicted octanol–water partition coefficient (Wildman–Crippen LogP) is 2.54. The summed E-state index contributed by atoms with van der Waals surface area (Å²) in [5.74, 6) is -0.491. The number of rotatable bonds is 3. The van der Waals surface area contributed by atoms with Crippen molar-refractivity contribution in [1.82, 2.24) is 5.32 Å². The Morgan fingerprint density at radius 2 is 2.00 bits per heavy atom. The lowest BCUT2D eigenvalue weighted by atomic mass is 9.99. The maximum absolute atomic E-state index is 12.1. The van der Waals surface area contributed by atoms with Gasteiger partial charge in [0.15, 0.2) is 0 Å². The number of hydrogen-bond acceptors (Lipinski definition) is 3. The molecule has 0 heterocycles. The molecule has 1 aromatic rings. The Labute approximate surface area is 114 Å². The van der Waals surface area contributed by atoms with Crippen molar-refractivity contribution in [2.24, 2.45) is 0 Å². The Kier molecular flexibility index (Phi) is 3.80. The number of phenols is 2. The average molecular weight is 314 g/mol. The fourth-order valence-electron chi connectivity index (χ4n) is 2.36. The number of nitrogens with one attached hydrogen (secondary N) is 1. The van der Waals surface area contributed by atoms with Gasteiger partial charge in [0, 0.05) is 5.33 Å². The fraction of sp³-hybridized carbons (Fsp3) is 0.462. The molecule has 1 saturated carbocycles. The van der Waals surface area contributed by atoms with E-state index in [4.69, 9.17) is 0 Å². The Balaban J connectivity index is 2.18. The first-order valence-corrected chi connectivity index (χ1v) is 7.09. The molecule has 1 aromatic carbocycles. The van der Waals surface area contributed by atoms with Crippen molar-refractivity contribution >= 4 is 21.8 Å². The Morgan fingerprint density at radius 1 is 1.33 bits per heavy atom.